The van der Waals surface area contributed by atoms with E-state index in [1.807, 2.05) is 33.4 Å². The number of aromatic nitrogens is 2. The second-order valence-electron chi connectivity index (χ2n) is 18.2. The highest BCUT2D eigenvalue weighted by Gasteiger charge is 2.36. The number of benzene rings is 2. The van der Waals surface area contributed by atoms with Gasteiger partial charge in [0.15, 0.2) is 33.9 Å². The van der Waals surface area contributed by atoms with Crippen LogP contribution in [0.5, 0.6) is 23.0 Å². The molecule has 0 unspecified atom stereocenters. The second-order valence-corrected chi connectivity index (χ2v) is 18.2. The molecule has 14 nitrogen and oxygen atoms in total. The Morgan fingerprint density at radius 1 is 0.594 bits per heavy atom. The molecule has 0 amide bonds. The van der Waals surface area contributed by atoms with Gasteiger partial charge in [-0.3, -0.25) is 9.59 Å². The van der Waals surface area contributed by atoms with Crippen molar-refractivity contribution in [2.75, 3.05) is 40.5 Å². The highest BCUT2D eigenvalue weighted by Crippen LogP contribution is 2.47. The molecule has 352 valence electrons. The van der Waals surface area contributed by atoms with Crippen LogP contribution in [-0.2, 0) is 12.8 Å². The van der Waals surface area contributed by atoms with Gasteiger partial charge in [-0.05, 0) is 111 Å². The molecule has 2 aliphatic rings. The predicted molar refractivity (Wildman–Crippen MR) is 255 cm³/mol. The number of carbonyl (C=O) groups is 2. The van der Waals surface area contributed by atoms with Gasteiger partial charge in [-0.15, -0.1) is 24.8 Å². The molecular formula is C48H66Cl2N4O10. The molecular weight excluding hydrogens is 863 g/mol. The maximum atomic E-state index is 12.5. The molecule has 6 N–H and O–H groups in total. The number of fused-ring (bicyclic) bond motifs is 6. The molecule has 2 aromatic carbocycles. The normalized spacial score (nSPS) is 14.7. The summed E-state index contributed by atoms with van der Waals surface area (Å²) >= 11 is 0. The maximum absolute atomic E-state index is 12.5. The third kappa shape index (κ3) is 12.2. The largest absolute Gasteiger partial charge is 0.493 e. The van der Waals surface area contributed by atoms with Gasteiger partial charge in [-0.25, -0.2) is 9.59 Å². The molecule has 4 heterocycles. The van der Waals surface area contributed by atoms with Crippen LogP contribution < -0.4 is 41.3 Å². The van der Waals surface area contributed by atoms with Crippen LogP contribution in [0, 0.1) is 10.8 Å². The smallest absolute Gasteiger partial charge is 0.341 e. The lowest BCUT2D eigenvalue weighted by Crippen LogP contribution is -2.32. The first-order valence-electron chi connectivity index (χ1n) is 21.4. The number of nitrogens with two attached hydrogens (primary N) is 2. The zero-order chi connectivity index (χ0) is 45.5. The van der Waals surface area contributed by atoms with Crippen molar-refractivity contribution in [3.05, 3.63) is 91.5 Å². The minimum Gasteiger partial charge on any atom is -0.493 e. The molecule has 2 aliphatic heterocycles. The Hall–Kier alpha value is -5.02. The van der Waals surface area contributed by atoms with E-state index in [4.69, 9.17) is 30.4 Å². The van der Waals surface area contributed by atoms with E-state index in [-0.39, 0.29) is 58.9 Å². The first-order chi connectivity index (χ1) is 29.3. The number of methoxy groups -OCH3 is 2. The summed E-state index contributed by atoms with van der Waals surface area (Å²) in [6.07, 6.45) is 10.2. The highest BCUT2D eigenvalue weighted by atomic mass is 35.5. The number of rotatable bonds is 16. The monoisotopic (exact) mass is 928 g/mol. The highest BCUT2D eigenvalue weighted by molar-refractivity contribution is 5.88. The van der Waals surface area contributed by atoms with Gasteiger partial charge in [0.25, 0.3) is 0 Å². The van der Waals surface area contributed by atoms with Gasteiger partial charge in [0, 0.05) is 47.7 Å². The lowest BCUT2D eigenvalue weighted by atomic mass is 9.78. The number of nitrogens with zero attached hydrogens (tertiary/aromatic N) is 2. The predicted octanol–water partition coefficient (Wildman–Crippen LogP) is 8.59. The average molecular weight is 930 g/mol. The van der Waals surface area contributed by atoms with Crippen molar-refractivity contribution >= 4 is 36.8 Å². The Morgan fingerprint density at radius 3 is 1.25 bits per heavy atom. The fraction of sp³-hybridized carbons (Fsp3) is 0.500. The maximum Gasteiger partial charge on any atom is 0.341 e. The SMILES string of the molecule is COc1cc2c(cc1OCCCCCN)C[C@@H](C(C)(C)C)n1cc(C(=O)O)c(=O)cc1-2.COc1cc2c(cc1OCCCCCN)C[C@H](C(C)(C)C)n1cc(C(=O)O)c(=O)cc1-2.Cl.Cl. The Balaban J connectivity index is 0.000000330. The van der Waals surface area contributed by atoms with Crippen molar-refractivity contribution < 1.29 is 38.7 Å². The van der Waals surface area contributed by atoms with Gasteiger partial charge < -0.3 is 49.8 Å². The number of carboxylic acid groups (broad SMARTS) is 2. The van der Waals surface area contributed by atoms with E-state index in [0.717, 1.165) is 60.8 Å². The fourth-order valence-electron chi connectivity index (χ4n) is 8.20. The lowest BCUT2D eigenvalue weighted by molar-refractivity contribution is 0.0683. The quantitative estimate of drug-likeness (QED) is 0.0780. The molecule has 2 atom stereocenters. The van der Waals surface area contributed by atoms with Gasteiger partial charge in [0.1, 0.15) is 11.1 Å². The molecule has 64 heavy (non-hydrogen) atoms. The lowest BCUT2D eigenvalue weighted by Gasteiger charge is -2.39. The molecule has 4 aromatic rings. The summed E-state index contributed by atoms with van der Waals surface area (Å²) in [4.78, 5) is 48.1. The number of unbranched alkanes of at least 4 members (excludes halogenated alkanes) is 4. The minimum absolute atomic E-state index is 0. The van der Waals surface area contributed by atoms with Crippen LogP contribution in [0.3, 0.4) is 0 Å². The molecule has 0 aliphatic carbocycles. The van der Waals surface area contributed by atoms with Gasteiger partial charge in [-0.1, -0.05) is 41.5 Å². The topological polar surface area (TPSA) is 208 Å². The van der Waals surface area contributed by atoms with Gasteiger partial charge in [0.2, 0.25) is 0 Å². The molecule has 16 heteroatoms. The summed E-state index contributed by atoms with van der Waals surface area (Å²) in [6.45, 7) is 15.2. The summed E-state index contributed by atoms with van der Waals surface area (Å²) in [7, 11) is 3.18. The molecule has 0 fully saturated rings. The molecule has 0 saturated carbocycles. The molecule has 6 rings (SSSR count). The Bertz CT molecular complexity index is 2220. The van der Waals surface area contributed by atoms with Crippen LogP contribution in [0.1, 0.15) is 124 Å². The fourth-order valence-corrected chi connectivity index (χ4v) is 8.20. The van der Waals surface area contributed by atoms with E-state index in [2.05, 4.69) is 41.5 Å². The van der Waals surface area contributed by atoms with E-state index in [1.165, 1.54) is 24.5 Å². The third-order valence-corrected chi connectivity index (χ3v) is 11.7. The average Bonchev–Trinajstić information content (AvgIpc) is 3.21. The Morgan fingerprint density at radius 2 is 0.953 bits per heavy atom. The molecule has 0 spiro atoms. The molecule has 0 radical (unpaired) electrons. The van der Waals surface area contributed by atoms with Crippen LogP contribution in [-0.4, -0.2) is 71.8 Å². The van der Waals surface area contributed by atoms with Crippen LogP contribution in [0.15, 0.2) is 58.4 Å². The first kappa shape index (κ1) is 53.3. The summed E-state index contributed by atoms with van der Waals surface area (Å²) < 4.78 is 27.0. The van der Waals surface area contributed by atoms with Gasteiger partial charge in [0.05, 0.1) is 38.8 Å². The number of hydrogen-bond donors (Lipinski definition) is 4. The number of halogens is 2. The van der Waals surface area contributed by atoms with Crippen LogP contribution in [0.25, 0.3) is 22.5 Å². The Labute approximate surface area is 388 Å². The van der Waals surface area contributed by atoms with E-state index in [9.17, 15) is 29.4 Å². The number of pyridine rings is 2. The van der Waals surface area contributed by atoms with E-state index >= 15 is 0 Å². The van der Waals surface area contributed by atoms with Crippen molar-refractivity contribution in [3.63, 3.8) is 0 Å². The van der Waals surface area contributed by atoms with Crippen LogP contribution in [0.4, 0.5) is 0 Å². The molecule has 0 bridgehead atoms. The third-order valence-electron chi connectivity index (χ3n) is 11.7. The van der Waals surface area contributed by atoms with Gasteiger partial charge >= 0.3 is 11.9 Å². The summed E-state index contributed by atoms with van der Waals surface area (Å²) in [5.74, 6) is 0.116. The second kappa shape index (κ2) is 22.7. The Kier molecular flexibility index (Phi) is 18.9. The summed E-state index contributed by atoms with van der Waals surface area (Å²) in [5, 5.41) is 18.9. The van der Waals surface area contributed by atoms with Crippen molar-refractivity contribution in [2.45, 2.75) is 105 Å². The van der Waals surface area contributed by atoms with E-state index in [1.54, 1.807) is 14.2 Å². The number of carboxylic acids is 2. The van der Waals surface area contributed by atoms with Crippen molar-refractivity contribution in [1.29, 1.82) is 0 Å². The zero-order valence-corrected chi connectivity index (χ0v) is 39.9. The number of ether oxygens (including phenoxy) is 4. The minimum atomic E-state index is -1.21. The van der Waals surface area contributed by atoms with E-state index in [0.29, 0.717) is 73.5 Å². The molecule has 2 aromatic heterocycles. The molecule has 0 saturated heterocycles. The van der Waals surface area contributed by atoms with Crippen molar-refractivity contribution in [3.8, 4) is 45.5 Å². The summed E-state index contributed by atoms with van der Waals surface area (Å²) in [5.41, 5.74) is 14.6. The van der Waals surface area contributed by atoms with Crippen molar-refractivity contribution in [2.24, 2.45) is 22.3 Å². The number of aromatic carboxylic acids is 2. The van der Waals surface area contributed by atoms with Gasteiger partial charge in [-0.2, -0.15) is 0 Å². The first-order valence-corrected chi connectivity index (χ1v) is 21.4. The number of hydrogen-bond acceptors (Lipinski definition) is 10. The van der Waals surface area contributed by atoms with Crippen LogP contribution in [0.2, 0.25) is 0 Å². The van der Waals surface area contributed by atoms with E-state index < -0.39 is 22.8 Å². The zero-order valence-electron chi connectivity index (χ0n) is 38.3. The standard InChI is InChI=1S/2C24H32N2O5.2ClH/c2*1-24(2,3)22-11-15-10-21(31-9-7-5-6-8-25)20(30-4)12-16(15)18-13-19(27)17(23(28)29)14-26(18)22;;/h2*10,12-14,22H,5-9,11,25H2,1-4H3,(H,28,29);2*1H/t2*22-;;/m10../s1. The summed E-state index contributed by atoms with van der Waals surface area (Å²) in [6, 6.07) is 10.6. The van der Waals surface area contributed by atoms with Crippen molar-refractivity contribution in [1.82, 2.24) is 9.13 Å². The van der Waals surface area contributed by atoms with Crippen LogP contribution >= 0.6 is 24.8 Å².